The predicted molar refractivity (Wildman–Crippen MR) is 77.8 cm³/mol. The molecule has 0 unspecified atom stereocenters. The first-order valence-corrected chi connectivity index (χ1v) is 8.34. The van der Waals surface area contributed by atoms with Crippen molar-refractivity contribution in [1.82, 2.24) is 9.29 Å². The van der Waals surface area contributed by atoms with E-state index >= 15 is 0 Å². The standard InChI is InChI=1S/C13H21ClN2O2S/c1-4-5-6-9-16(11(2)3)19(17,18)13-10-15-8-7-12(13)14/h7-8,10-11H,4-6,9H2,1-3H3. The molecule has 0 saturated carbocycles. The normalized spacial score (nSPS) is 12.3. The third-order valence-corrected chi connectivity index (χ3v) is 5.42. The van der Waals surface area contributed by atoms with Gasteiger partial charge in [0.25, 0.3) is 0 Å². The van der Waals surface area contributed by atoms with Crippen LogP contribution >= 0.6 is 11.6 Å². The van der Waals surface area contributed by atoms with Crippen LogP contribution in [0.1, 0.15) is 40.0 Å². The highest BCUT2D eigenvalue weighted by atomic mass is 35.5. The SMILES string of the molecule is CCCCCN(C(C)C)S(=O)(=O)c1cnccc1Cl. The van der Waals surface area contributed by atoms with Crippen LogP contribution in [0.3, 0.4) is 0 Å². The van der Waals surface area contributed by atoms with Crippen LogP contribution in [0, 0.1) is 0 Å². The lowest BCUT2D eigenvalue weighted by molar-refractivity contribution is 0.345. The maximum atomic E-state index is 12.6. The Bertz CT molecular complexity index is 503. The molecule has 0 saturated heterocycles. The van der Waals surface area contributed by atoms with Crippen molar-refractivity contribution in [3.63, 3.8) is 0 Å². The Kier molecular flexibility index (Phi) is 6.23. The van der Waals surface area contributed by atoms with Crippen molar-refractivity contribution in [2.45, 2.75) is 51.0 Å². The molecule has 0 amide bonds. The second kappa shape index (κ2) is 7.22. The van der Waals surface area contributed by atoms with E-state index in [0.29, 0.717) is 6.54 Å². The first-order valence-electron chi connectivity index (χ1n) is 6.52. The Morgan fingerprint density at radius 1 is 1.37 bits per heavy atom. The molecule has 0 aliphatic carbocycles. The van der Waals surface area contributed by atoms with Gasteiger partial charge in [-0.3, -0.25) is 4.98 Å². The number of aromatic nitrogens is 1. The first-order chi connectivity index (χ1) is 8.91. The number of hydrogen-bond donors (Lipinski definition) is 0. The summed E-state index contributed by atoms with van der Waals surface area (Å²) < 4.78 is 26.7. The third kappa shape index (κ3) is 4.16. The van der Waals surface area contributed by atoms with E-state index < -0.39 is 10.0 Å². The van der Waals surface area contributed by atoms with E-state index in [-0.39, 0.29) is 16.0 Å². The van der Waals surface area contributed by atoms with E-state index in [1.54, 1.807) is 0 Å². The molecule has 108 valence electrons. The van der Waals surface area contributed by atoms with Crippen molar-refractivity contribution in [2.75, 3.05) is 6.54 Å². The largest absolute Gasteiger partial charge is 0.263 e. The zero-order valence-corrected chi connectivity index (χ0v) is 13.2. The van der Waals surface area contributed by atoms with Crippen LogP contribution in [-0.2, 0) is 10.0 Å². The average Bonchev–Trinajstić information content (AvgIpc) is 2.34. The maximum absolute atomic E-state index is 12.6. The van der Waals surface area contributed by atoms with Crippen LogP contribution in [0.25, 0.3) is 0 Å². The molecule has 19 heavy (non-hydrogen) atoms. The van der Waals surface area contributed by atoms with Gasteiger partial charge in [-0.2, -0.15) is 4.31 Å². The molecule has 0 aromatic carbocycles. The van der Waals surface area contributed by atoms with Crippen molar-refractivity contribution in [3.05, 3.63) is 23.5 Å². The fraction of sp³-hybridized carbons (Fsp3) is 0.615. The van der Waals surface area contributed by atoms with Crippen LogP contribution in [0.15, 0.2) is 23.4 Å². The van der Waals surface area contributed by atoms with Gasteiger partial charge >= 0.3 is 0 Å². The predicted octanol–water partition coefficient (Wildman–Crippen LogP) is 3.32. The number of nitrogens with zero attached hydrogens (tertiary/aromatic N) is 2. The summed E-state index contributed by atoms with van der Waals surface area (Å²) >= 11 is 5.97. The molecular weight excluding hydrogens is 284 g/mol. The Hall–Kier alpha value is -0.650. The summed E-state index contributed by atoms with van der Waals surface area (Å²) in [5.41, 5.74) is 0. The zero-order valence-electron chi connectivity index (χ0n) is 11.6. The van der Waals surface area contributed by atoms with E-state index in [0.717, 1.165) is 19.3 Å². The smallest absolute Gasteiger partial charge is 0.246 e. The highest BCUT2D eigenvalue weighted by Crippen LogP contribution is 2.25. The molecule has 1 heterocycles. The Morgan fingerprint density at radius 3 is 2.58 bits per heavy atom. The number of sulfonamides is 1. The molecule has 0 atom stereocenters. The van der Waals surface area contributed by atoms with Crippen LogP contribution < -0.4 is 0 Å². The summed E-state index contributed by atoms with van der Waals surface area (Å²) in [6, 6.07) is 1.40. The summed E-state index contributed by atoms with van der Waals surface area (Å²) in [4.78, 5) is 3.94. The van der Waals surface area contributed by atoms with E-state index in [1.165, 1.54) is 22.8 Å². The van der Waals surface area contributed by atoms with Gasteiger partial charge < -0.3 is 0 Å². The van der Waals surface area contributed by atoms with E-state index in [4.69, 9.17) is 11.6 Å². The molecule has 1 rings (SSSR count). The summed E-state index contributed by atoms with van der Waals surface area (Å²) in [7, 11) is -3.57. The molecule has 0 aliphatic rings. The minimum atomic E-state index is -3.57. The van der Waals surface area contributed by atoms with Crippen molar-refractivity contribution >= 4 is 21.6 Å². The fourth-order valence-corrected chi connectivity index (χ4v) is 3.94. The molecule has 0 radical (unpaired) electrons. The molecular formula is C13H21ClN2O2S. The second-order valence-corrected chi connectivity index (χ2v) is 6.99. The van der Waals surface area contributed by atoms with Gasteiger partial charge in [0, 0.05) is 25.0 Å². The molecule has 0 fully saturated rings. The molecule has 6 heteroatoms. The molecule has 1 aromatic heterocycles. The minimum Gasteiger partial charge on any atom is -0.263 e. The molecule has 0 spiro atoms. The topological polar surface area (TPSA) is 50.3 Å². The van der Waals surface area contributed by atoms with Crippen LogP contribution in [0.5, 0.6) is 0 Å². The number of unbranched alkanes of at least 4 members (excludes halogenated alkanes) is 2. The quantitative estimate of drug-likeness (QED) is 0.726. The van der Waals surface area contributed by atoms with Crippen molar-refractivity contribution in [2.24, 2.45) is 0 Å². The molecule has 0 aliphatic heterocycles. The average molecular weight is 305 g/mol. The minimum absolute atomic E-state index is 0.0851. The fourth-order valence-electron chi connectivity index (χ4n) is 1.85. The Balaban J connectivity index is 3.03. The van der Waals surface area contributed by atoms with Crippen LogP contribution in [-0.4, -0.2) is 30.3 Å². The molecule has 0 N–H and O–H groups in total. The molecule has 0 bridgehead atoms. The van der Waals surface area contributed by atoms with Crippen LogP contribution in [0.2, 0.25) is 5.02 Å². The lowest BCUT2D eigenvalue weighted by atomic mass is 10.2. The van der Waals surface area contributed by atoms with E-state index in [2.05, 4.69) is 11.9 Å². The third-order valence-electron chi connectivity index (χ3n) is 2.88. The summed E-state index contributed by atoms with van der Waals surface area (Å²) in [5, 5.41) is 0.219. The van der Waals surface area contributed by atoms with Gasteiger partial charge in [0.1, 0.15) is 4.90 Å². The van der Waals surface area contributed by atoms with Crippen molar-refractivity contribution in [1.29, 1.82) is 0 Å². The van der Waals surface area contributed by atoms with Gasteiger partial charge in [0.05, 0.1) is 5.02 Å². The van der Waals surface area contributed by atoms with Gasteiger partial charge in [0.2, 0.25) is 10.0 Å². The Morgan fingerprint density at radius 2 is 2.05 bits per heavy atom. The highest BCUT2D eigenvalue weighted by Gasteiger charge is 2.28. The van der Waals surface area contributed by atoms with Crippen molar-refractivity contribution < 1.29 is 8.42 Å². The molecule has 4 nitrogen and oxygen atoms in total. The van der Waals surface area contributed by atoms with Gasteiger partial charge in [-0.15, -0.1) is 0 Å². The monoisotopic (exact) mass is 304 g/mol. The number of pyridine rings is 1. The summed E-state index contributed by atoms with van der Waals surface area (Å²) in [6.07, 6.45) is 5.72. The number of halogens is 1. The zero-order chi connectivity index (χ0) is 14.5. The van der Waals surface area contributed by atoms with Gasteiger partial charge in [-0.05, 0) is 26.3 Å². The maximum Gasteiger partial charge on any atom is 0.246 e. The number of rotatable bonds is 7. The lowest BCUT2D eigenvalue weighted by Crippen LogP contribution is -2.37. The summed E-state index contributed by atoms with van der Waals surface area (Å²) in [5.74, 6) is 0. The summed E-state index contributed by atoms with van der Waals surface area (Å²) in [6.45, 7) is 6.34. The van der Waals surface area contributed by atoms with Gasteiger partial charge in [0.15, 0.2) is 0 Å². The first kappa shape index (κ1) is 16.4. The van der Waals surface area contributed by atoms with Crippen molar-refractivity contribution in [3.8, 4) is 0 Å². The number of hydrogen-bond acceptors (Lipinski definition) is 3. The van der Waals surface area contributed by atoms with E-state index in [1.807, 2.05) is 13.8 Å². The lowest BCUT2D eigenvalue weighted by Gasteiger charge is -2.26. The van der Waals surface area contributed by atoms with E-state index in [9.17, 15) is 8.42 Å². The highest BCUT2D eigenvalue weighted by molar-refractivity contribution is 7.89. The van der Waals surface area contributed by atoms with Gasteiger partial charge in [-0.1, -0.05) is 31.4 Å². The molecule has 1 aromatic rings. The van der Waals surface area contributed by atoms with Crippen LogP contribution in [0.4, 0.5) is 0 Å². The second-order valence-electron chi connectivity index (χ2n) is 4.72. The Labute approximate surface area is 120 Å². The van der Waals surface area contributed by atoms with Gasteiger partial charge in [-0.25, -0.2) is 8.42 Å².